The van der Waals surface area contributed by atoms with Crippen molar-refractivity contribution in [2.75, 3.05) is 6.61 Å². The second-order valence-corrected chi connectivity index (χ2v) is 7.41. The third-order valence-corrected chi connectivity index (χ3v) is 5.46. The van der Waals surface area contributed by atoms with Crippen molar-refractivity contribution in [3.8, 4) is 0 Å². The Labute approximate surface area is 104 Å². The second kappa shape index (κ2) is 10.4. The predicted molar refractivity (Wildman–Crippen MR) is 61.0 cm³/mol. The minimum atomic E-state index is -4.37. The topological polar surface area (TPSA) is 52.6 Å². The molecule has 0 aliphatic carbocycles. The van der Waals surface area contributed by atoms with Gasteiger partial charge >= 0.3 is 104 Å². The van der Waals surface area contributed by atoms with Gasteiger partial charge in [-0.2, -0.15) is 0 Å². The summed E-state index contributed by atoms with van der Waals surface area (Å²) in [6, 6.07) is 0. The molecule has 0 aliphatic rings. The monoisotopic (exact) mass is 288 g/mol. The Bertz CT molecular complexity index is 241. The third-order valence-electron chi connectivity index (χ3n) is 2.43. The molecule has 0 spiro atoms. The van der Waals surface area contributed by atoms with Gasteiger partial charge in [0.1, 0.15) is 0 Å². The maximum atomic E-state index is 10.9. The zero-order chi connectivity index (χ0) is 12.3. The Morgan fingerprint density at radius 2 is 1.44 bits per heavy atom. The summed E-state index contributed by atoms with van der Waals surface area (Å²) in [5.41, 5.74) is 0. The quantitative estimate of drug-likeness (QED) is 0.431. The van der Waals surface area contributed by atoms with Gasteiger partial charge in [-0.3, -0.25) is 0 Å². The Kier molecular flexibility index (Phi) is 10.6. The molecule has 6 heteroatoms. The molecule has 0 radical (unpaired) electrons. The maximum absolute atomic E-state index is 10.9. The molecule has 16 heavy (non-hydrogen) atoms. The first kappa shape index (κ1) is 16.3. The molecule has 0 N–H and O–H groups in total. The van der Waals surface area contributed by atoms with Crippen molar-refractivity contribution in [1.82, 2.24) is 0 Å². The summed E-state index contributed by atoms with van der Waals surface area (Å²) in [6.45, 7) is 2.49. The average Bonchev–Trinajstić information content (AvgIpc) is 2.27. The molecule has 0 saturated carbocycles. The van der Waals surface area contributed by atoms with Gasteiger partial charge in [0.2, 0.25) is 0 Å². The van der Waals surface area contributed by atoms with Crippen molar-refractivity contribution in [3.05, 3.63) is 0 Å². The molecule has 0 unspecified atom stereocenters. The normalized spacial score (nSPS) is 12.1. The molecular formula is C10H24CrO4Si. The summed E-state index contributed by atoms with van der Waals surface area (Å²) in [7, 11) is 0.188. The van der Waals surface area contributed by atoms with Gasteiger partial charge in [-0.15, -0.1) is 0 Å². The van der Waals surface area contributed by atoms with E-state index in [-0.39, 0.29) is 17.1 Å². The van der Waals surface area contributed by atoms with E-state index in [1.54, 1.807) is 0 Å². The van der Waals surface area contributed by atoms with Gasteiger partial charge in [0.05, 0.1) is 0 Å². The van der Waals surface area contributed by atoms with Crippen LogP contribution in [0.4, 0.5) is 0 Å². The Hall–Kier alpha value is 0.269. The van der Waals surface area contributed by atoms with Gasteiger partial charge in [0.15, 0.2) is 0 Å². The molecule has 0 rings (SSSR count). The first-order valence-electron chi connectivity index (χ1n) is 6.07. The van der Waals surface area contributed by atoms with E-state index in [1.165, 1.54) is 38.5 Å². The van der Waals surface area contributed by atoms with E-state index < -0.39 is 13.6 Å². The molecule has 0 atom stereocenters. The van der Waals surface area contributed by atoms with Gasteiger partial charge in [-0.1, -0.05) is 0 Å². The van der Waals surface area contributed by atoms with Crippen LogP contribution in [0.1, 0.15) is 58.3 Å². The minimum absolute atomic E-state index is 0.188. The van der Waals surface area contributed by atoms with E-state index in [0.29, 0.717) is 0 Å². The SMILES string of the molecule is CCCCCCCCCC[O][Cr](=[O])(=[O])[O][SiH3]. The van der Waals surface area contributed by atoms with Crippen LogP contribution in [0.2, 0.25) is 0 Å². The molecule has 0 aromatic carbocycles. The van der Waals surface area contributed by atoms with Crippen LogP contribution < -0.4 is 0 Å². The van der Waals surface area contributed by atoms with Crippen molar-refractivity contribution in [2.45, 2.75) is 58.3 Å². The van der Waals surface area contributed by atoms with Crippen LogP contribution >= 0.6 is 0 Å². The predicted octanol–water partition coefficient (Wildman–Crippen LogP) is 2.12. The van der Waals surface area contributed by atoms with Gasteiger partial charge in [-0.25, -0.2) is 0 Å². The third kappa shape index (κ3) is 10.8. The van der Waals surface area contributed by atoms with Crippen molar-refractivity contribution >= 4 is 10.5 Å². The van der Waals surface area contributed by atoms with Crippen LogP contribution in [0.3, 0.4) is 0 Å². The first-order chi connectivity index (χ1) is 7.62. The Morgan fingerprint density at radius 1 is 0.938 bits per heavy atom. The number of hydrogen-bond donors (Lipinski definition) is 0. The summed E-state index contributed by atoms with van der Waals surface area (Å²) >= 11 is -4.37. The molecule has 0 aromatic rings. The van der Waals surface area contributed by atoms with Crippen LogP contribution in [0.5, 0.6) is 0 Å². The van der Waals surface area contributed by atoms with Gasteiger partial charge in [0, 0.05) is 0 Å². The van der Waals surface area contributed by atoms with E-state index in [4.69, 9.17) is 0 Å². The number of unbranched alkanes of at least 4 members (excludes halogenated alkanes) is 7. The molecule has 0 fully saturated rings. The first-order valence-corrected chi connectivity index (χ1v) is 8.97. The van der Waals surface area contributed by atoms with Crippen molar-refractivity contribution < 1.29 is 28.5 Å². The molecule has 0 aliphatic heterocycles. The molecule has 0 heterocycles. The van der Waals surface area contributed by atoms with Crippen LogP contribution in [-0.2, 0) is 28.5 Å². The van der Waals surface area contributed by atoms with Crippen molar-refractivity contribution in [2.24, 2.45) is 0 Å². The molecule has 98 valence electrons. The molecule has 4 nitrogen and oxygen atoms in total. The standard InChI is InChI=1S/C10H21O.Cr.H3OSi.2O/c1-2-3-4-5-6-7-8-9-10-11;;1-2;;/h2-10H2,1H3;;2H3;;/q-1;+2;-1;;. The van der Waals surface area contributed by atoms with Gasteiger partial charge < -0.3 is 0 Å². The van der Waals surface area contributed by atoms with Crippen molar-refractivity contribution in [1.29, 1.82) is 0 Å². The fourth-order valence-electron chi connectivity index (χ4n) is 1.45. The molecular weight excluding hydrogens is 264 g/mol. The summed E-state index contributed by atoms with van der Waals surface area (Å²) in [6.07, 6.45) is 9.47. The van der Waals surface area contributed by atoms with Crippen LogP contribution in [0.15, 0.2) is 0 Å². The van der Waals surface area contributed by atoms with Gasteiger partial charge in [0.25, 0.3) is 0 Å². The van der Waals surface area contributed by atoms with Crippen LogP contribution in [-0.4, -0.2) is 17.1 Å². The van der Waals surface area contributed by atoms with Gasteiger partial charge in [-0.05, 0) is 0 Å². The van der Waals surface area contributed by atoms with E-state index in [9.17, 15) is 7.61 Å². The Morgan fingerprint density at radius 3 is 1.94 bits per heavy atom. The zero-order valence-corrected chi connectivity index (χ0v) is 13.7. The van der Waals surface area contributed by atoms with E-state index in [1.807, 2.05) is 0 Å². The van der Waals surface area contributed by atoms with E-state index >= 15 is 0 Å². The van der Waals surface area contributed by atoms with E-state index in [2.05, 4.69) is 14.2 Å². The average molecular weight is 288 g/mol. The fourth-order valence-corrected chi connectivity index (χ4v) is 2.49. The Balaban J connectivity index is 3.16. The molecule has 0 bridgehead atoms. The molecule has 0 aromatic heterocycles. The van der Waals surface area contributed by atoms with Crippen LogP contribution in [0.25, 0.3) is 0 Å². The molecule has 0 saturated heterocycles. The molecule has 0 amide bonds. The van der Waals surface area contributed by atoms with Crippen LogP contribution in [0, 0.1) is 0 Å². The summed E-state index contributed by atoms with van der Waals surface area (Å²) in [5.74, 6) is 0. The summed E-state index contributed by atoms with van der Waals surface area (Å²) in [5, 5.41) is 0. The second-order valence-electron chi connectivity index (χ2n) is 3.87. The summed E-state index contributed by atoms with van der Waals surface area (Å²) in [4.78, 5) is 0. The van der Waals surface area contributed by atoms with Crippen molar-refractivity contribution in [3.63, 3.8) is 0 Å². The van der Waals surface area contributed by atoms with E-state index in [0.717, 1.165) is 12.8 Å². The fraction of sp³-hybridized carbons (Fsp3) is 1.00. The number of rotatable bonds is 11. The summed E-state index contributed by atoms with van der Waals surface area (Å²) < 4.78 is 30.8. The zero-order valence-electron chi connectivity index (χ0n) is 10.4. The number of hydrogen-bond acceptors (Lipinski definition) is 4.